The number of hydrogen-bond donors (Lipinski definition) is 0. The van der Waals surface area contributed by atoms with Gasteiger partial charge in [-0.1, -0.05) is 13.8 Å². The van der Waals surface area contributed by atoms with Crippen LogP contribution in [0.5, 0.6) is 5.75 Å². The van der Waals surface area contributed by atoms with Crippen molar-refractivity contribution < 1.29 is 9.13 Å². The lowest BCUT2D eigenvalue weighted by atomic mass is 10.3. The smallest absolute Gasteiger partial charge is 0.123 e. The Balaban J connectivity index is 0.000000561. The van der Waals surface area contributed by atoms with Gasteiger partial charge in [-0.2, -0.15) is 0 Å². The van der Waals surface area contributed by atoms with Crippen molar-refractivity contribution in [2.75, 3.05) is 6.61 Å². The molecule has 0 amide bonds. The van der Waals surface area contributed by atoms with Gasteiger partial charge >= 0.3 is 0 Å². The van der Waals surface area contributed by atoms with Gasteiger partial charge in [-0.25, -0.2) is 4.39 Å². The molecule has 2 heteroatoms. The maximum Gasteiger partial charge on any atom is 0.123 e. The fourth-order valence-electron chi connectivity index (χ4n) is 0.697. The van der Waals surface area contributed by atoms with Crippen molar-refractivity contribution in [1.82, 2.24) is 0 Å². The molecule has 0 unspecified atom stereocenters. The lowest BCUT2D eigenvalue weighted by Gasteiger charge is -2.00. The van der Waals surface area contributed by atoms with Crippen molar-refractivity contribution in [2.24, 2.45) is 0 Å². The second-order valence-corrected chi connectivity index (χ2v) is 1.89. The molecule has 0 aliphatic heterocycles. The normalized spacial score (nSPS) is 8.33. The van der Waals surface area contributed by atoms with Gasteiger partial charge in [0, 0.05) is 0 Å². The Morgan fingerprint density at radius 1 is 1.17 bits per heavy atom. The number of hydrogen-bond acceptors (Lipinski definition) is 1. The van der Waals surface area contributed by atoms with Crippen LogP contribution in [0.25, 0.3) is 0 Å². The van der Waals surface area contributed by atoms with Crippen molar-refractivity contribution in [3.63, 3.8) is 0 Å². The van der Waals surface area contributed by atoms with Crippen molar-refractivity contribution in [3.05, 3.63) is 30.1 Å². The largest absolute Gasteiger partial charge is 0.494 e. The van der Waals surface area contributed by atoms with Crippen LogP contribution in [0.2, 0.25) is 0 Å². The fraction of sp³-hybridized carbons (Fsp3) is 0.400. The summed E-state index contributed by atoms with van der Waals surface area (Å²) < 4.78 is 17.4. The first-order valence-corrected chi connectivity index (χ1v) is 4.21. The first kappa shape index (κ1) is 11.0. The standard InChI is InChI=1S/C8H9FO.C2H6/c1-2-10-8-5-3-7(9)4-6-8;1-2/h3-6H,2H2,1H3;1-2H3. The van der Waals surface area contributed by atoms with E-state index in [1.807, 2.05) is 20.8 Å². The molecule has 12 heavy (non-hydrogen) atoms. The van der Waals surface area contributed by atoms with Crippen LogP contribution in [0.15, 0.2) is 24.3 Å². The zero-order valence-corrected chi connectivity index (χ0v) is 7.80. The first-order valence-electron chi connectivity index (χ1n) is 4.21. The number of benzene rings is 1. The molecule has 0 saturated heterocycles. The molecule has 0 N–H and O–H groups in total. The lowest BCUT2D eigenvalue weighted by Crippen LogP contribution is -1.90. The van der Waals surface area contributed by atoms with E-state index < -0.39 is 0 Å². The third kappa shape index (κ3) is 3.96. The SMILES string of the molecule is CC.CCOc1ccc(F)cc1. The molecule has 0 atom stereocenters. The second-order valence-electron chi connectivity index (χ2n) is 1.89. The second kappa shape index (κ2) is 6.65. The maximum absolute atomic E-state index is 12.3. The minimum absolute atomic E-state index is 0.233. The molecule has 1 nitrogen and oxygen atoms in total. The Hall–Kier alpha value is -1.05. The van der Waals surface area contributed by atoms with Crippen LogP contribution in [-0.4, -0.2) is 6.61 Å². The lowest BCUT2D eigenvalue weighted by molar-refractivity contribution is 0.339. The molecule has 0 radical (unpaired) electrons. The third-order valence-electron chi connectivity index (χ3n) is 1.12. The molecular weight excluding hydrogens is 155 g/mol. The Morgan fingerprint density at radius 2 is 1.67 bits per heavy atom. The average molecular weight is 170 g/mol. The Bertz CT molecular complexity index is 193. The number of ether oxygens (including phenoxy) is 1. The summed E-state index contributed by atoms with van der Waals surface area (Å²) in [5, 5.41) is 0. The van der Waals surface area contributed by atoms with Crippen LogP contribution in [0, 0.1) is 5.82 Å². The number of halogens is 1. The van der Waals surface area contributed by atoms with Crippen molar-refractivity contribution >= 4 is 0 Å². The van der Waals surface area contributed by atoms with Gasteiger partial charge in [0.1, 0.15) is 11.6 Å². The highest BCUT2D eigenvalue weighted by molar-refractivity contribution is 5.21. The molecule has 0 fully saturated rings. The minimum Gasteiger partial charge on any atom is -0.494 e. The van der Waals surface area contributed by atoms with Gasteiger partial charge in [0.2, 0.25) is 0 Å². The quantitative estimate of drug-likeness (QED) is 0.662. The maximum atomic E-state index is 12.3. The predicted octanol–water partition coefficient (Wildman–Crippen LogP) is 3.25. The summed E-state index contributed by atoms with van der Waals surface area (Å²) in [5.41, 5.74) is 0. The van der Waals surface area contributed by atoms with Gasteiger partial charge < -0.3 is 4.74 Å². The topological polar surface area (TPSA) is 9.23 Å². The fourth-order valence-corrected chi connectivity index (χ4v) is 0.697. The zero-order chi connectivity index (χ0) is 9.40. The third-order valence-corrected chi connectivity index (χ3v) is 1.12. The molecule has 1 rings (SSSR count). The van der Waals surface area contributed by atoms with E-state index in [4.69, 9.17) is 4.74 Å². The van der Waals surface area contributed by atoms with Crippen LogP contribution in [-0.2, 0) is 0 Å². The summed E-state index contributed by atoms with van der Waals surface area (Å²) in [6, 6.07) is 5.98. The van der Waals surface area contributed by atoms with Crippen LogP contribution in [0.4, 0.5) is 4.39 Å². The van der Waals surface area contributed by atoms with Gasteiger partial charge in [-0.15, -0.1) is 0 Å². The van der Waals surface area contributed by atoms with E-state index in [0.717, 1.165) is 0 Å². The van der Waals surface area contributed by atoms with Crippen molar-refractivity contribution in [2.45, 2.75) is 20.8 Å². The highest BCUT2D eigenvalue weighted by atomic mass is 19.1. The molecule has 1 aromatic rings. The van der Waals surface area contributed by atoms with Gasteiger partial charge in [0.15, 0.2) is 0 Å². The molecule has 0 heterocycles. The molecule has 0 aromatic heterocycles. The van der Waals surface area contributed by atoms with Crippen LogP contribution in [0.3, 0.4) is 0 Å². The highest BCUT2D eigenvalue weighted by Crippen LogP contribution is 2.10. The minimum atomic E-state index is -0.233. The summed E-state index contributed by atoms with van der Waals surface area (Å²) in [6.45, 7) is 6.51. The Labute approximate surface area is 73.2 Å². The van der Waals surface area contributed by atoms with Gasteiger partial charge in [-0.3, -0.25) is 0 Å². The molecule has 0 bridgehead atoms. The Kier molecular flexibility index (Phi) is 6.07. The molecule has 0 spiro atoms. The molecule has 1 aromatic carbocycles. The van der Waals surface area contributed by atoms with Gasteiger partial charge in [0.05, 0.1) is 6.61 Å². The summed E-state index contributed by atoms with van der Waals surface area (Å²) in [4.78, 5) is 0. The predicted molar refractivity (Wildman–Crippen MR) is 48.9 cm³/mol. The first-order chi connectivity index (χ1) is 5.83. The molecule has 0 aliphatic carbocycles. The zero-order valence-electron chi connectivity index (χ0n) is 7.80. The van der Waals surface area contributed by atoms with E-state index in [0.29, 0.717) is 12.4 Å². The van der Waals surface area contributed by atoms with E-state index in [9.17, 15) is 4.39 Å². The van der Waals surface area contributed by atoms with Crippen LogP contribution >= 0.6 is 0 Å². The molecule has 0 aliphatic rings. The van der Waals surface area contributed by atoms with Crippen LogP contribution < -0.4 is 4.74 Å². The Morgan fingerprint density at radius 3 is 2.08 bits per heavy atom. The van der Waals surface area contributed by atoms with E-state index >= 15 is 0 Å². The number of rotatable bonds is 2. The van der Waals surface area contributed by atoms with Crippen molar-refractivity contribution in [3.8, 4) is 5.75 Å². The molecular formula is C10H15FO. The summed E-state index contributed by atoms with van der Waals surface area (Å²) >= 11 is 0. The highest BCUT2D eigenvalue weighted by Gasteiger charge is 1.90. The summed E-state index contributed by atoms with van der Waals surface area (Å²) in [7, 11) is 0. The summed E-state index contributed by atoms with van der Waals surface area (Å²) in [6.07, 6.45) is 0. The van der Waals surface area contributed by atoms with E-state index in [2.05, 4.69) is 0 Å². The van der Waals surface area contributed by atoms with E-state index in [1.54, 1.807) is 12.1 Å². The van der Waals surface area contributed by atoms with Crippen molar-refractivity contribution in [1.29, 1.82) is 0 Å². The van der Waals surface area contributed by atoms with Crippen LogP contribution in [0.1, 0.15) is 20.8 Å². The van der Waals surface area contributed by atoms with Gasteiger partial charge in [0.25, 0.3) is 0 Å². The van der Waals surface area contributed by atoms with E-state index in [-0.39, 0.29) is 5.82 Å². The average Bonchev–Trinajstić information content (AvgIpc) is 2.13. The molecule has 68 valence electrons. The van der Waals surface area contributed by atoms with Gasteiger partial charge in [-0.05, 0) is 31.2 Å². The summed E-state index contributed by atoms with van der Waals surface area (Å²) in [5.74, 6) is 0.479. The van der Waals surface area contributed by atoms with E-state index in [1.165, 1.54) is 12.1 Å². The monoisotopic (exact) mass is 170 g/mol. The molecule has 0 saturated carbocycles.